The molecule has 92 valence electrons. The Balaban J connectivity index is 2.23. The Labute approximate surface area is 112 Å². The van der Waals surface area contributed by atoms with E-state index in [9.17, 15) is 9.59 Å². The van der Waals surface area contributed by atoms with E-state index in [1.165, 1.54) is 18.3 Å². The number of amides is 1. The summed E-state index contributed by atoms with van der Waals surface area (Å²) in [6.07, 6.45) is 1.39. The number of halogens is 1. The summed E-state index contributed by atoms with van der Waals surface area (Å²) in [6.45, 7) is 1.95. The van der Waals surface area contributed by atoms with Crippen molar-refractivity contribution in [3.8, 4) is 0 Å². The number of rotatable bonds is 2. The summed E-state index contributed by atoms with van der Waals surface area (Å²) >= 11 is 3.37. The van der Waals surface area contributed by atoms with Crippen LogP contribution in [0, 0.1) is 6.92 Å². The van der Waals surface area contributed by atoms with Gasteiger partial charge in [-0.1, -0.05) is 6.07 Å². The van der Waals surface area contributed by atoms with E-state index in [-0.39, 0.29) is 11.5 Å². The highest BCUT2D eigenvalue weighted by Gasteiger charge is 2.08. The number of H-pyrrole nitrogens is 1. The molecular weight excluding hydrogens is 296 g/mol. The third-order valence-corrected chi connectivity index (χ3v) is 3.11. The molecular formula is C13H11BrN2O2. The third kappa shape index (κ3) is 2.87. The Hall–Kier alpha value is -1.88. The van der Waals surface area contributed by atoms with Gasteiger partial charge in [0, 0.05) is 16.7 Å². The molecule has 0 saturated carbocycles. The molecule has 0 atom stereocenters. The van der Waals surface area contributed by atoms with Gasteiger partial charge in [0.05, 0.1) is 11.3 Å². The lowest BCUT2D eigenvalue weighted by molar-refractivity contribution is 0.102. The van der Waals surface area contributed by atoms with Crippen molar-refractivity contribution in [3.05, 3.63) is 62.5 Å². The molecule has 1 aromatic carbocycles. The number of anilines is 1. The Morgan fingerprint density at radius 2 is 2.06 bits per heavy atom. The fourth-order valence-electron chi connectivity index (χ4n) is 1.48. The van der Waals surface area contributed by atoms with Gasteiger partial charge in [-0.3, -0.25) is 9.59 Å². The van der Waals surface area contributed by atoms with Crippen molar-refractivity contribution in [2.24, 2.45) is 0 Å². The molecule has 2 aromatic rings. The van der Waals surface area contributed by atoms with Gasteiger partial charge in [-0.05, 0) is 46.6 Å². The maximum atomic E-state index is 11.9. The van der Waals surface area contributed by atoms with E-state index in [0.29, 0.717) is 11.3 Å². The monoisotopic (exact) mass is 306 g/mol. The number of aromatic amines is 1. The Morgan fingerprint density at radius 1 is 1.28 bits per heavy atom. The average Bonchev–Trinajstić information content (AvgIpc) is 2.34. The molecule has 4 nitrogen and oxygen atoms in total. The zero-order valence-electron chi connectivity index (χ0n) is 9.66. The van der Waals surface area contributed by atoms with Gasteiger partial charge in [-0.2, -0.15) is 0 Å². The smallest absolute Gasteiger partial charge is 0.257 e. The number of benzene rings is 1. The van der Waals surface area contributed by atoms with E-state index in [1.807, 2.05) is 25.1 Å². The molecule has 0 fully saturated rings. The Bertz CT molecular complexity index is 629. The molecule has 1 amide bonds. The average molecular weight is 307 g/mol. The van der Waals surface area contributed by atoms with Crippen LogP contribution in [0.15, 0.2) is 45.8 Å². The number of carbonyl (C=O) groups excluding carboxylic acids is 1. The third-order valence-electron chi connectivity index (χ3n) is 2.42. The first-order valence-corrected chi connectivity index (χ1v) is 6.12. The van der Waals surface area contributed by atoms with Crippen molar-refractivity contribution in [2.45, 2.75) is 6.92 Å². The lowest BCUT2D eigenvalue weighted by Crippen LogP contribution is -2.14. The maximum absolute atomic E-state index is 11.9. The van der Waals surface area contributed by atoms with Crippen LogP contribution < -0.4 is 10.9 Å². The van der Waals surface area contributed by atoms with Crippen LogP contribution >= 0.6 is 15.9 Å². The van der Waals surface area contributed by atoms with Crippen molar-refractivity contribution < 1.29 is 4.79 Å². The van der Waals surface area contributed by atoms with Gasteiger partial charge in [0.15, 0.2) is 0 Å². The van der Waals surface area contributed by atoms with Gasteiger partial charge >= 0.3 is 0 Å². The molecule has 2 N–H and O–H groups in total. The quantitative estimate of drug-likeness (QED) is 0.896. The minimum absolute atomic E-state index is 0.233. The highest BCUT2D eigenvalue weighted by Crippen LogP contribution is 2.23. The fraction of sp³-hybridized carbons (Fsp3) is 0.0769. The molecule has 18 heavy (non-hydrogen) atoms. The molecule has 0 saturated heterocycles. The highest BCUT2D eigenvalue weighted by molar-refractivity contribution is 9.10. The predicted molar refractivity (Wildman–Crippen MR) is 73.9 cm³/mol. The molecule has 0 bridgehead atoms. The molecule has 0 radical (unpaired) electrons. The summed E-state index contributed by atoms with van der Waals surface area (Å²) < 4.78 is 0.811. The van der Waals surface area contributed by atoms with Crippen molar-refractivity contribution in [2.75, 3.05) is 5.32 Å². The van der Waals surface area contributed by atoms with Crippen LogP contribution in [0.25, 0.3) is 0 Å². The molecule has 1 heterocycles. The minimum Gasteiger partial charge on any atom is -0.328 e. The van der Waals surface area contributed by atoms with Crippen molar-refractivity contribution >= 4 is 27.5 Å². The zero-order valence-corrected chi connectivity index (χ0v) is 11.2. The number of pyridine rings is 1. The van der Waals surface area contributed by atoms with E-state index in [1.54, 1.807) is 0 Å². The molecule has 0 aliphatic carbocycles. The molecule has 2 rings (SSSR count). The highest BCUT2D eigenvalue weighted by atomic mass is 79.9. The van der Waals surface area contributed by atoms with Crippen LogP contribution in [0.4, 0.5) is 5.69 Å². The molecule has 1 aromatic heterocycles. The maximum Gasteiger partial charge on any atom is 0.257 e. The lowest BCUT2D eigenvalue weighted by atomic mass is 10.2. The second-order valence-corrected chi connectivity index (χ2v) is 4.73. The first-order valence-electron chi connectivity index (χ1n) is 5.32. The zero-order chi connectivity index (χ0) is 13.1. The van der Waals surface area contributed by atoms with Gasteiger partial charge in [0.1, 0.15) is 0 Å². The van der Waals surface area contributed by atoms with Gasteiger partial charge < -0.3 is 10.3 Å². The van der Waals surface area contributed by atoms with Crippen LogP contribution in [0.1, 0.15) is 15.9 Å². The largest absolute Gasteiger partial charge is 0.328 e. The SMILES string of the molecule is Cc1ccc(Br)c(NC(=O)c2ccc(=O)[nH]c2)c1. The molecule has 0 unspecified atom stereocenters. The Kier molecular flexibility index (Phi) is 3.62. The van der Waals surface area contributed by atoms with Crippen LogP contribution in [-0.4, -0.2) is 10.9 Å². The van der Waals surface area contributed by atoms with Crippen molar-refractivity contribution in [1.29, 1.82) is 0 Å². The van der Waals surface area contributed by atoms with E-state index in [4.69, 9.17) is 0 Å². The molecule has 0 aliphatic rings. The molecule has 0 aliphatic heterocycles. The number of hydrogen-bond acceptors (Lipinski definition) is 2. The lowest BCUT2D eigenvalue weighted by Gasteiger charge is -2.08. The second kappa shape index (κ2) is 5.18. The number of aromatic nitrogens is 1. The topological polar surface area (TPSA) is 62.0 Å². The van der Waals surface area contributed by atoms with Gasteiger partial charge in [0.25, 0.3) is 5.91 Å². The fourth-order valence-corrected chi connectivity index (χ4v) is 1.83. The van der Waals surface area contributed by atoms with Crippen LogP contribution in [0.5, 0.6) is 0 Å². The summed E-state index contributed by atoms with van der Waals surface area (Å²) in [5.41, 5.74) is 1.92. The summed E-state index contributed by atoms with van der Waals surface area (Å²) in [4.78, 5) is 25.3. The predicted octanol–water partition coefficient (Wildman–Crippen LogP) is 2.70. The normalized spacial score (nSPS) is 10.1. The van der Waals surface area contributed by atoms with E-state index in [0.717, 1.165) is 10.0 Å². The first kappa shape index (κ1) is 12.6. The molecule has 0 spiro atoms. The van der Waals surface area contributed by atoms with Gasteiger partial charge in [-0.25, -0.2) is 0 Å². The summed E-state index contributed by atoms with van der Waals surface area (Å²) in [6, 6.07) is 8.49. The Morgan fingerprint density at radius 3 is 2.72 bits per heavy atom. The number of nitrogens with one attached hydrogen (secondary N) is 2. The van der Waals surface area contributed by atoms with Gasteiger partial charge in [0.2, 0.25) is 5.56 Å². The molecule has 5 heteroatoms. The second-order valence-electron chi connectivity index (χ2n) is 3.88. The van der Waals surface area contributed by atoms with E-state index >= 15 is 0 Å². The van der Waals surface area contributed by atoms with Crippen LogP contribution in [-0.2, 0) is 0 Å². The summed E-state index contributed by atoms with van der Waals surface area (Å²) in [5.74, 6) is -0.266. The standard InChI is InChI=1S/C13H11BrN2O2/c1-8-2-4-10(14)11(6-8)16-13(18)9-3-5-12(17)15-7-9/h2-7H,1H3,(H,15,17)(H,16,18). The van der Waals surface area contributed by atoms with Crippen LogP contribution in [0.2, 0.25) is 0 Å². The summed E-state index contributed by atoms with van der Waals surface area (Å²) in [7, 11) is 0. The van der Waals surface area contributed by atoms with Crippen molar-refractivity contribution in [1.82, 2.24) is 4.98 Å². The minimum atomic E-state index is -0.266. The number of carbonyl (C=O) groups is 1. The van der Waals surface area contributed by atoms with E-state index < -0.39 is 0 Å². The van der Waals surface area contributed by atoms with Crippen LogP contribution in [0.3, 0.4) is 0 Å². The first-order chi connectivity index (χ1) is 8.56. The number of hydrogen-bond donors (Lipinski definition) is 2. The number of aryl methyl sites for hydroxylation is 1. The van der Waals surface area contributed by atoms with Crippen molar-refractivity contribution in [3.63, 3.8) is 0 Å². The van der Waals surface area contributed by atoms with E-state index in [2.05, 4.69) is 26.2 Å². The summed E-state index contributed by atoms with van der Waals surface area (Å²) in [5, 5.41) is 2.78. The van der Waals surface area contributed by atoms with Gasteiger partial charge in [-0.15, -0.1) is 0 Å².